The number of nitrogens with two attached hydrogens (primary N) is 1. The first-order valence-electron chi connectivity index (χ1n) is 8.33. The Kier molecular flexibility index (Phi) is 6.05. The highest BCUT2D eigenvalue weighted by molar-refractivity contribution is 7.92. The first-order chi connectivity index (χ1) is 12.2. The fourth-order valence-electron chi connectivity index (χ4n) is 2.45. The van der Waals surface area contributed by atoms with Gasteiger partial charge >= 0.3 is 0 Å². The standard InChI is InChI=1S/C19H25N3O3S/c1-13-5-6-14(2)18(11-13)26(24,25)21-17-9-7-16(8-10-17)19(23)22(4)15(3)12-20/h5-11,15,21H,12,20H2,1-4H3. The normalized spacial score (nSPS) is 12.5. The van der Waals surface area contributed by atoms with Crippen LogP contribution in [0.1, 0.15) is 28.4 Å². The van der Waals surface area contributed by atoms with E-state index in [0.717, 1.165) is 5.56 Å². The van der Waals surface area contributed by atoms with Crippen LogP contribution >= 0.6 is 0 Å². The Morgan fingerprint density at radius 1 is 1.15 bits per heavy atom. The lowest BCUT2D eigenvalue weighted by molar-refractivity contribution is 0.0748. The molecule has 0 bridgehead atoms. The zero-order valence-corrected chi connectivity index (χ0v) is 16.3. The summed E-state index contributed by atoms with van der Waals surface area (Å²) in [5.41, 5.74) is 8.01. The maximum atomic E-state index is 12.6. The van der Waals surface area contributed by atoms with Gasteiger partial charge in [0.2, 0.25) is 0 Å². The number of hydrogen-bond acceptors (Lipinski definition) is 4. The number of nitrogens with one attached hydrogen (secondary N) is 1. The molecule has 0 aliphatic heterocycles. The van der Waals surface area contributed by atoms with Crippen LogP contribution in [0, 0.1) is 13.8 Å². The van der Waals surface area contributed by atoms with Crippen LogP contribution in [0.2, 0.25) is 0 Å². The highest BCUT2D eigenvalue weighted by atomic mass is 32.2. The van der Waals surface area contributed by atoms with Gasteiger partial charge in [0.15, 0.2) is 0 Å². The van der Waals surface area contributed by atoms with Crippen molar-refractivity contribution in [1.29, 1.82) is 0 Å². The molecule has 3 N–H and O–H groups in total. The van der Waals surface area contributed by atoms with Crippen LogP contribution in [0.5, 0.6) is 0 Å². The van der Waals surface area contributed by atoms with E-state index in [1.54, 1.807) is 55.3 Å². The molecule has 0 aliphatic carbocycles. The maximum Gasteiger partial charge on any atom is 0.262 e. The van der Waals surface area contributed by atoms with E-state index in [9.17, 15) is 13.2 Å². The van der Waals surface area contributed by atoms with Gasteiger partial charge in [0, 0.05) is 30.9 Å². The van der Waals surface area contributed by atoms with Crippen molar-refractivity contribution in [2.75, 3.05) is 18.3 Å². The SMILES string of the molecule is Cc1ccc(C)c(S(=O)(=O)Nc2ccc(C(=O)N(C)C(C)CN)cc2)c1. The molecule has 0 spiro atoms. The molecule has 0 heterocycles. The highest BCUT2D eigenvalue weighted by Crippen LogP contribution is 2.21. The summed E-state index contributed by atoms with van der Waals surface area (Å²) in [5.74, 6) is -0.160. The minimum Gasteiger partial charge on any atom is -0.338 e. The third-order valence-electron chi connectivity index (χ3n) is 4.34. The number of carbonyl (C=O) groups is 1. The van der Waals surface area contributed by atoms with Crippen LogP contribution in [-0.4, -0.2) is 38.9 Å². The maximum absolute atomic E-state index is 12.6. The molecule has 140 valence electrons. The number of sulfonamides is 1. The van der Waals surface area contributed by atoms with Crippen LogP contribution < -0.4 is 10.5 Å². The summed E-state index contributed by atoms with van der Waals surface area (Å²) in [6.45, 7) is 5.84. The van der Waals surface area contributed by atoms with Crippen molar-refractivity contribution in [3.63, 3.8) is 0 Å². The van der Waals surface area contributed by atoms with Crippen LogP contribution in [0.4, 0.5) is 5.69 Å². The van der Waals surface area contributed by atoms with Crippen molar-refractivity contribution in [3.05, 3.63) is 59.2 Å². The number of likely N-dealkylation sites (N-methyl/N-ethyl adjacent to an activating group) is 1. The van der Waals surface area contributed by atoms with E-state index < -0.39 is 10.0 Å². The Bertz CT molecular complexity index is 893. The summed E-state index contributed by atoms with van der Waals surface area (Å²) in [6.07, 6.45) is 0. The summed E-state index contributed by atoms with van der Waals surface area (Å²) in [5, 5.41) is 0. The molecule has 0 saturated heterocycles. The number of hydrogen-bond donors (Lipinski definition) is 2. The number of carbonyl (C=O) groups excluding carboxylic acids is 1. The van der Waals surface area contributed by atoms with E-state index in [1.807, 2.05) is 19.9 Å². The lowest BCUT2D eigenvalue weighted by Crippen LogP contribution is -2.39. The summed E-state index contributed by atoms with van der Waals surface area (Å²) in [4.78, 5) is 14.2. The largest absolute Gasteiger partial charge is 0.338 e. The fourth-order valence-corrected chi connectivity index (χ4v) is 3.84. The average molecular weight is 375 g/mol. The second-order valence-corrected chi connectivity index (χ2v) is 8.10. The quantitative estimate of drug-likeness (QED) is 0.811. The molecule has 7 heteroatoms. The van der Waals surface area contributed by atoms with E-state index in [4.69, 9.17) is 5.73 Å². The van der Waals surface area contributed by atoms with Gasteiger partial charge in [-0.05, 0) is 62.2 Å². The van der Waals surface area contributed by atoms with Crippen LogP contribution in [-0.2, 0) is 10.0 Å². The number of anilines is 1. The van der Waals surface area contributed by atoms with Crippen molar-refractivity contribution >= 4 is 21.6 Å². The average Bonchev–Trinajstić information content (AvgIpc) is 2.62. The molecule has 6 nitrogen and oxygen atoms in total. The van der Waals surface area contributed by atoms with Gasteiger partial charge in [0.05, 0.1) is 4.90 Å². The Hall–Kier alpha value is -2.38. The Morgan fingerprint density at radius 3 is 2.35 bits per heavy atom. The van der Waals surface area contributed by atoms with Crippen molar-refractivity contribution in [3.8, 4) is 0 Å². The molecule has 1 unspecified atom stereocenters. The number of nitrogens with zero attached hydrogens (tertiary/aromatic N) is 1. The fraction of sp³-hybridized carbons (Fsp3) is 0.316. The van der Waals surface area contributed by atoms with E-state index in [-0.39, 0.29) is 16.8 Å². The molecule has 2 aromatic carbocycles. The van der Waals surface area contributed by atoms with Crippen molar-refractivity contribution in [2.45, 2.75) is 31.7 Å². The lowest BCUT2D eigenvalue weighted by Gasteiger charge is -2.23. The molecule has 0 saturated carbocycles. The zero-order valence-electron chi connectivity index (χ0n) is 15.5. The van der Waals surface area contributed by atoms with E-state index in [1.165, 1.54) is 0 Å². The number of amides is 1. The van der Waals surface area contributed by atoms with Gasteiger partial charge in [0.1, 0.15) is 0 Å². The van der Waals surface area contributed by atoms with E-state index in [0.29, 0.717) is 23.4 Å². The first-order valence-corrected chi connectivity index (χ1v) is 9.81. The molecule has 2 aromatic rings. The smallest absolute Gasteiger partial charge is 0.262 e. The van der Waals surface area contributed by atoms with Crippen molar-refractivity contribution in [1.82, 2.24) is 4.90 Å². The summed E-state index contributed by atoms with van der Waals surface area (Å²) >= 11 is 0. The van der Waals surface area contributed by atoms with Crippen LogP contribution in [0.15, 0.2) is 47.4 Å². The van der Waals surface area contributed by atoms with Crippen molar-refractivity contribution < 1.29 is 13.2 Å². The molecule has 0 radical (unpaired) electrons. The molecular formula is C19H25N3O3S. The Morgan fingerprint density at radius 2 is 1.77 bits per heavy atom. The van der Waals surface area contributed by atoms with Gasteiger partial charge in [-0.3, -0.25) is 9.52 Å². The molecule has 1 amide bonds. The van der Waals surface area contributed by atoms with E-state index in [2.05, 4.69) is 4.72 Å². The third-order valence-corrected chi connectivity index (χ3v) is 5.86. The summed E-state index contributed by atoms with van der Waals surface area (Å²) in [6, 6.07) is 11.6. The molecule has 1 atom stereocenters. The molecule has 0 aromatic heterocycles. The highest BCUT2D eigenvalue weighted by Gasteiger charge is 2.19. The van der Waals surface area contributed by atoms with Gasteiger partial charge in [-0.15, -0.1) is 0 Å². The molecule has 0 fully saturated rings. The van der Waals surface area contributed by atoms with Gasteiger partial charge in [-0.1, -0.05) is 12.1 Å². The first kappa shape index (κ1) is 19.9. The van der Waals surface area contributed by atoms with Crippen LogP contribution in [0.3, 0.4) is 0 Å². The molecule has 0 aliphatic rings. The molecule has 26 heavy (non-hydrogen) atoms. The minimum absolute atomic E-state index is 0.0787. The number of rotatable bonds is 6. The summed E-state index contributed by atoms with van der Waals surface area (Å²) < 4.78 is 27.8. The second kappa shape index (κ2) is 7.88. The predicted molar refractivity (Wildman–Crippen MR) is 104 cm³/mol. The Balaban J connectivity index is 2.21. The lowest BCUT2D eigenvalue weighted by atomic mass is 10.1. The Labute approximate surface area is 155 Å². The monoisotopic (exact) mass is 375 g/mol. The van der Waals surface area contributed by atoms with Gasteiger partial charge in [-0.2, -0.15) is 0 Å². The van der Waals surface area contributed by atoms with Crippen molar-refractivity contribution in [2.24, 2.45) is 5.73 Å². The van der Waals surface area contributed by atoms with Crippen LogP contribution in [0.25, 0.3) is 0 Å². The predicted octanol–water partition coefficient (Wildman–Crippen LogP) is 2.52. The minimum atomic E-state index is -3.70. The number of benzene rings is 2. The van der Waals surface area contributed by atoms with E-state index >= 15 is 0 Å². The second-order valence-electron chi connectivity index (χ2n) is 6.45. The topological polar surface area (TPSA) is 92.5 Å². The zero-order chi connectivity index (χ0) is 19.5. The number of aryl methyl sites for hydroxylation is 2. The van der Waals surface area contributed by atoms with Gasteiger partial charge < -0.3 is 10.6 Å². The summed E-state index contributed by atoms with van der Waals surface area (Å²) in [7, 11) is -2.00. The van der Waals surface area contributed by atoms with Gasteiger partial charge in [-0.25, -0.2) is 8.42 Å². The van der Waals surface area contributed by atoms with Gasteiger partial charge in [0.25, 0.3) is 15.9 Å². The molecule has 2 rings (SSSR count). The third kappa shape index (κ3) is 4.42. The molecular weight excluding hydrogens is 350 g/mol.